The summed E-state index contributed by atoms with van der Waals surface area (Å²) in [7, 11) is -9.89. The van der Waals surface area contributed by atoms with Crippen molar-refractivity contribution in [3.05, 3.63) is 157 Å². The van der Waals surface area contributed by atoms with Crippen LogP contribution in [0.3, 0.4) is 0 Å². The number of pyridine rings is 2. The van der Waals surface area contributed by atoms with E-state index in [0.29, 0.717) is 0 Å². The molecule has 0 radical (unpaired) electrons. The molecule has 0 aliphatic heterocycles. The largest absolute Gasteiger partial charge is 0.222 e. The van der Waals surface area contributed by atoms with E-state index in [4.69, 9.17) is 37.3 Å². The minimum atomic E-state index is -4.94. The summed E-state index contributed by atoms with van der Waals surface area (Å²) >= 11 is 0. The first kappa shape index (κ1) is 34.6. The van der Waals surface area contributed by atoms with Crippen molar-refractivity contribution in [1.29, 1.82) is 0 Å². The Hall–Kier alpha value is -4.30. The maximum absolute atomic E-state index is 8.49. The van der Waals surface area contributed by atoms with E-state index in [-0.39, 0.29) is 0 Å². The van der Waals surface area contributed by atoms with Crippen molar-refractivity contribution in [1.82, 2.24) is 0 Å². The highest BCUT2D eigenvalue weighted by Gasteiger charge is 2.15. The van der Waals surface area contributed by atoms with Gasteiger partial charge >= 0.3 is 0 Å². The maximum atomic E-state index is 8.49. The van der Waals surface area contributed by atoms with Gasteiger partial charge in [0.05, 0.1) is 0 Å². The van der Waals surface area contributed by atoms with E-state index in [2.05, 4.69) is 155 Å². The van der Waals surface area contributed by atoms with Crippen LogP contribution in [0.15, 0.2) is 146 Å². The van der Waals surface area contributed by atoms with Crippen LogP contribution in [0.5, 0.6) is 0 Å². The molecule has 2 aromatic heterocycles. The summed E-state index contributed by atoms with van der Waals surface area (Å²) in [5.74, 6) is 0. The van der Waals surface area contributed by atoms with Gasteiger partial charge in [-0.1, -0.05) is 97.1 Å². The van der Waals surface area contributed by atoms with Crippen molar-refractivity contribution < 1.29 is 66.9 Å². The van der Waals surface area contributed by atoms with Crippen molar-refractivity contribution in [2.45, 2.75) is 13.1 Å². The molecule has 12 heteroatoms. The highest BCUT2D eigenvalue weighted by atomic mass is 35.7. The van der Waals surface area contributed by atoms with Crippen molar-refractivity contribution in [2.75, 3.05) is 0 Å². The van der Waals surface area contributed by atoms with Gasteiger partial charge in [-0.2, -0.15) is 0 Å². The van der Waals surface area contributed by atoms with Crippen molar-refractivity contribution in [3.8, 4) is 22.3 Å². The summed E-state index contributed by atoms with van der Waals surface area (Å²) in [5.41, 5.74) is 7.54. The van der Waals surface area contributed by atoms with Gasteiger partial charge in [0.1, 0.15) is 0 Å². The third-order valence-electron chi connectivity index (χ3n) is 6.66. The van der Waals surface area contributed by atoms with E-state index in [1.54, 1.807) is 0 Å². The third-order valence-corrected chi connectivity index (χ3v) is 6.66. The summed E-state index contributed by atoms with van der Waals surface area (Å²) in [6.07, 6.45) is 8.82. The van der Waals surface area contributed by atoms with Crippen molar-refractivity contribution in [3.63, 3.8) is 0 Å². The van der Waals surface area contributed by atoms with Crippen LogP contribution in [-0.4, -0.2) is 0 Å². The van der Waals surface area contributed by atoms with Gasteiger partial charge in [0.2, 0.25) is 0 Å². The van der Waals surface area contributed by atoms with E-state index >= 15 is 0 Å². The smallest absolute Gasteiger partial charge is 0.176 e. The van der Waals surface area contributed by atoms with Gasteiger partial charge in [-0.25, -0.2) is 46.4 Å². The van der Waals surface area contributed by atoms with Crippen LogP contribution < -0.4 is 46.4 Å². The zero-order chi connectivity index (χ0) is 33.2. The minimum Gasteiger partial charge on any atom is -0.222 e. The molecule has 0 saturated heterocycles. The molecule has 2 heterocycles. The Morgan fingerprint density at radius 1 is 0.413 bits per heavy atom. The van der Waals surface area contributed by atoms with Gasteiger partial charge in [0.15, 0.2) is 37.9 Å². The lowest BCUT2D eigenvalue weighted by molar-refractivity contribution is -2.00. The van der Waals surface area contributed by atoms with Gasteiger partial charge in [0, 0.05) is 34.4 Å². The summed E-state index contributed by atoms with van der Waals surface area (Å²) in [4.78, 5) is 0. The summed E-state index contributed by atoms with van der Waals surface area (Å²) in [6, 6.07) is 43.2. The molecule has 6 aromatic rings. The highest BCUT2D eigenvalue weighted by molar-refractivity contribution is 6.06. The number of benzene rings is 4. The molecule has 10 nitrogen and oxygen atoms in total. The van der Waals surface area contributed by atoms with Gasteiger partial charge in [-0.15, -0.1) is 20.5 Å². The highest BCUT2D eigenvalue weighted by Crippen LogP contribution is 2.35. The number of hydrogen-bond acceptors (Lipinski definition) is 8. The predicted octanol–water partition coefficient (Wildman–Crippen LogP) is -2.67. The molecule has 236 valence electrons. The molecule has 0 bridgehead atoms. The Bertz CT molecular complexity index is 1700. The van der Waals surface area contributed by atoms with Crippen LogP contribution >= 0.6 is 0 Å². The Morgan fingerprint density at radius 2 is 0.783 bits per heavy atom. The van der Waals surface area contributed by atoms with Crippen LogP contribution in [0.25, 0.3) is 33.0 Å². The molecular weight excluding hydrogens is 635 g/mol. The second-order valence-electron chi connectivity index (χ2n) is 9.97. The van der Waals surface area contributed by atoms with E-state index in [9.17, 15) is 0 Å². The van der Waals surface area contributed by atoms with Gasteiger partial charge in [-0.3, -0.25) is 0 Å². The molecule has 46 heavy (non-hydrogen) atoms. The van der Waals surface area contributed by atoms with E-state index in [1.807, 2.05) is 0 Å². The Balaban J connectivity index is 0.000000421. The van der Waals surface area contributed by atoms with Crippen LogP contribution in [0.2, 0.25) is 0 Å². The van der Waals surface area contributed by atoms with E-state index in [0.717, 1.165) is 13.1 Å². The maximum Gasteiger partial charge on any atom is 0.176 e. The summed E-state index contributed by atoms with van der Waals surface area (Å²) < 4.78 is 72.5. The molecule has 4 aromatic carbocycles. The van der Waals surface area contributed by atoms with Crippen LogP contribution in [0.4, 0.5) is 0 Å². The fourth-order valence-corrected chi connectivity index (χ4v) is 4.97. The van der Waals surface area contributed by atoms with E-state index in [1.165, 1.54) is 44.2 Å². The Morgan fingerprint density at radius 3 is 1.15 bits per heavy atom. The Labute approximate surface area is 269 Å². The Kier molecular flexibility index (Phi) is 11.9. The number of nitrogens with zero attached hydrogens (tertiary/aromatic N) is 2. The van der Waals surface area contributed by atoms with E-state index < -0.39 is 20.5 Å². The number of aromatic nitrogens is 2. The van der Waals surface area contributed by atoms with Gasteiger partial charge in [-0.05, 0) is 34.0 Å². The van der Waals surface area contributed by atoms with Crippen molar-refractivity contribution >= 4 is 10.8 Å². The van der Waals surface area contributed by atoms with Gasteiger partial charge in [0.25, 0.3) is 0 Å². The lowest BCUT2D eigenvalue weighted by Crippen LogP contribution is -2.68. The lowest BCUT2D eigenvalue weighted by Gasteiger charge is -2.17. The molecule has 0 amide bonds. The molecule has 0 aliphatic carbocycles. The molecule has 0 N–H and O–H groups in total. The fourth-order valence-electron chi connectivity index (χ4n) is 4.97. The van der Waals surface area contributed by atoms with Crippen LogP contribution in [0, 0.1) is 20.5 Å². The first-order valence-electron chi connectivity index (χ1n) is 13.7. The third kappa shape index (κ3) is 11.6. The molecule has 0 saturated carbocycles. The predicted molar refractivity (Wildman–Crippen MR) is 146 cm³/mol. The molecule has 0 atom stereocenters. The van der Waals surface area contributed by atoms with Crippen LogP contribution in [-0.2, 0) is 13.1 Å². The minimum absolute atomic E-state index is 0.852. The summed E-state index contributed by atoms with van der Waals surface area (Å²) in [5, 5.41) is 2.54. The summed E-state index contributed by atoms with van der Waals surface area (Å²) in [6.45, 7) is 1.70. The number of rotatable bonds is 6. The first-order chi connectivity index (χ1) is 21.8. The molecule has 6 rings (SSSR count). The number of hydrogen-bond donors (Lipinski definition) is 0. The average Bonchev–Trinajstić information content (AvgIpc) is 3.00. The quantitative estimate of drug-likeness (QED) is 0.172. The molecule has 0 spiro atoms. The molecule has 0 unspecified atom stereocenters. The second kappa shape index (κ2) is 15.8. The zero-order valence-corrected chi connectivity index (χ0v) is 25.7. The molecular formula is C34H28Cl2N2O8. The van der Waals surface area contributed by atoms with Crippen LogP contribution in [0.1, 0.15) is 11.1 Å². The van der Waals surface area contributed by atoms with Crippen molar-refractivity contribution in [2.24, 2.45) is 0 Å². The topological polar surface area (TPSA) is 192 Å². The first-order valence-corrected chi connectivity index (χ1v) is 16.1. The number of halogens is 2. The molecule has 0 aliphatic rings. The monoisotopic (exact) mass is 662 g/mol. The zero-order valence-electron chi connectivity index (χ0n) is 24.2. The number of fused-ring (bicyclic) bond motifs is 1. The normalized spacial score (nSPS) is 11.2. The second-order valence-corrected chi connectivity index (χ2v) is 11.5. The standard InChI is InChI=1S/C34H28N2.2ClHO4/c1-3-11-27(12-4-1)23-35-21-9-17-30(25-35)32-19-7-15-29-16-8-20-33(34(29)32)31-18-10-22-36(26-31)24-28-13-5-2-6-14-28;2*2-1(3,4)5/h1-22,25-26H,23-24H2;2*(H,2,3,4,5)/q+2;;/p-2. The molecule has 0 fully saturated rings. The fraction of sp³-hybridized carbons (Fsp3) is 0.0588. The average molecular weight is 664 g/mol. The van der Waals surface area contributed by atoms with Gasteiger partial charge < -0.3 is 0 Å². The SMILES string of the molecule is [O-][Cl+3]([O-])([O-])[O-].[O-][Cl+3]([O-])([O-])[O-].c1ccc(C[n+]2cccc(-c3cccc4cccc(-c5ccc[n+](Cc6ccccc6)c5)c34)c2)cc1. The lowest BCUT2D eigenvalue weighted by atomic mass is 9.92.